The first-order valence-electron chi connectivity index (χ1n) is 6.17. The topological polar surface area (TPSA) is 105 Å². The van der Waals surface area contributed by atoms with Crippen LogP contribution in [-0.4, -0.2) is 20.9 Å². The number of hydrogen-bond donors (Lipinski definition) is 2. The van der Waals surface area contributed by atoms with E-state index in [0.717, 1.165) is 11.6 Å². The Bertz CT molecular complexity index is 673. The first-order valence-corrected chi connectivity index (χ1v) is 6.17. The molecule has 0 bridgehead atoms. The molecule has 0 aliphatic rings. The van der Waals surface area contributed by atoms with Gasteiger partial charge in [0.25, 0.3) is 11.6 Å². The Labute approximate surface area is 120 Å². The lowest BCUT2D eigenvalue weighted by molar-refractivity contribution is -0.384. The summed E-state index contributed by atoms with van der Waals surface area (Å²) in [6.07, 6.45) is 3.25. The van der Waals surface area contributed by atoms with E-state index in [4.69, 9.17) is 0 Å². The summed E-state index contributed by atoms with van der Waals surface area (Å²) in [6.45, 7) is 1.78. The number of pyridine rings is 1. The number of non-ortho nitro benzene ring substituents is 1. The first kappa shape index (κ1) is 14.4. The number of aromatic hydroxyl groups is 1. The third-order valence-corrected chi connectivity index (χ3v) is 2.97. The molecule has 108 valence electrons. The minimum Gasteiger partial charge on any atom is -0.507 e. The fraction of sp³-hybridized carbons (Fsp3) is 0.143. The average Bonchev–Trinajstić information content (AvgIpc) is 2.47. The average molecular weight is 287 g/mol. The molecule has 1 aromatic carbocycles. The van der Waals surface area contributed by atoms with Crippen LogP contribution in [-0.2, 0) is 0 Å². The summed E-state index contributed by atoms with van der Waals surface area (Å²) in [7, 11) is 0. The lowest BCUT2D eigenvalue weighted by atomic mass is 10.1. The summed E-state index contributed by atoms with van der Waals surface area (Å²) in [5.74, 6) is -0.946. The fourth-order valence-electron chi connectivity index (χ4n) is 1.82. The summed E-state index contributed by atoms with van der Waals surface area (Å²) in [6, 6.07) is 6.60. The molecule has 1 heterocycles. The molecule has 0 saturated carbocycles. The maximum atomic E-state index is 12.1. The van der Waals surface area contributed by atoms with Gasteiger partial charge in [-0.2, -0.15) is 0 Å². The summed E-state index contributed by atoms with van der Waals surface area (Å²) in [4.78, 5) is 26.0. The maximum absolute atomic E-state index is 12.1. The van der Waals surface area contributed by atoms with Crippen molar-refractivity contribution in [3.8, 4) is 5.75 Å². The molecular formula is C14H13N3O4. The Balaban J connectivity index is 2.15. The number of nitrogens with one attached hydrogen (secondary N) is 1. The third kappa shape index (κ3) is 3.33. The van der Waals surface area contributed by atoms with Gasteiger partial charge in [0.2, 0.25) is 0 Å². The molecule has 2 aromatic rings. The van der Waals surface area contributed by atoms with E-state index in [1.165, 1.54) is 12.1 Å². The minimum absolute atomic E-state index is 0.0173. The smallest absolute Gasteiger partial charge is 0.273 e. The number of carbonyl (C=O) groups excluding carboxylic acids is 1. The highest BCUT2D eigenvalue weighted by Gasteiger charge is 2.17. The van der Waals surface area contributed by atoms with Crippen molar-refractivity contribution in [1.29, 1.82) is 0 Å². The fourth-order valence-corrected chi connectivity index (χ4v) is 1.82. The number of nitro groups is 1. The van der Waals surface area contributed by atoms with Gasteiger partial charge in [0.15, 0.2) is 0 Å². The molecular weight excluding hydrogens is 274 g/mol. The van der Waals surface area contributed by atoms with E-state index < -0.39 is 16.6 Å². The van der Waals surface area contributed by atoms with E-state index in [0.29, 0.717) is 0 Å². The largest absolute Gasteiger partial charge is 0.507 e. The van der Waals surface area contributed by atoms with Crippen LogP contribution in [0, 0.1) is 10.1 Å². The Hall–Kier alpha value is -2.96. The van der Waals surface area contributed by atoms with Crippen LogP contribution >= 0.6 is 0 Å². The van der Waals surface area contributed by atoms with Crippen LogP contribution in [0.25, 0.3) is 0 Å². The number of nitrogens with zero attached hydrogens (tertiary/aromatic N) is 2. The lowest BCUT2D eigenvalue weighted by Crippen LogP contribution is -2.26. The van der Waals surface area contributed by atoms with Gasteiger partial charge < -0.3 is 10.4 Å². The van der Waals surface area contributed by atoms with Gasteiger partial charge in [-0.25, -0.2) is 0 Å². The Morgan fingerprint density at radius 1 is 1.43 bits per heavy atom. The monoisotopic (exact) mass is 287 g/mol. The molecule has 7 nitrogen and oxygen atoms in total. The zero-order valence-electron chi connectivity index (χ0n) is 11.2. The third-order valence-electron chi connectivity index (χ3n) is 2.97. The van der Waals surface area contributed by atoms with Crippen molar-refractivity contribution in [3.05, 3.63) is 64.0 Å². The van der Waals surface area contributed by atoms with Gasteiger partial charge in [-0.1, -0.05) is 6.07 Å². The van der Waals surface area contributed by atoms with Crippen LogP contribution in [0.2, 0.25) is 0 Å². The predicted molar refractivity (Wildman–Crippen MR) is 74.9 cm³/mol. The number of amides is 1. The zero-order chi connectivity index (χ0) is 15.4. The first-order chi connectivity index (χ1) is 9.99. The molecule has 1 atom stereocenters. The summed E-state index contributed by atoms with van der Waals surface area (Å²) in [5.41, 5.74) is 0.521. The van der Waals surface area contributed by atoms with Crippen molar-refractivity contribution in [2.45, 2.75) is 13.0 Å². The number of phenols is 1. The van der Waals surface area contributed by atoms with Gasteiger partial charge in [-0.15, -0.1) is 0 Å². The lowest BCUT2D eigenvalue weighted by Gasteiger charge is -2.14. The molecule has 0 unspecified atom stereocenters. The van der Waals surface area contributed by atoms with E-state index in [9.17, 15) is 20.0 Å². The van der Waals surface area contributed by atoms with Crippen molar-refractivity contribution in [2.75, 3.05) is 0 Å². The molecule has 1 aromatic heterocycles. The van der Waals surface area contributed by atoms with Crippen LogP contribution in [0.15, 0.2) is 42.7 Å². The van der Waals surface area contributed by atoms with Gasteiger partial charge in [0, 0.05) is 18.5 Å². The molecule has 2 rings (SSSR count). The van der Waals surface area contributed by atoms with Gasteiger partial charge in [0.05, 0.1) is 22.6 Å². The Morgan fingerprint density at radius 2 is 2.19 bits per heavy atom. The predicted octanol–water partition coefficient (Wildman–Crippen LogP) is 2.19. The molecule has 0 fully saturated rings. The van der Waals surface area contributed by atoms with Crippen LogP contribution in [0.4, 0.5) is 5.69 Å². The van der Waals surface area contributed by atoms with E-state index in [2.05, 4.69) is 10.3 Å². The normalized spacial score (nSPS) is 11.7. The van der Waals surface area contributed by atoms with Gasteiger partial charge in [-0.3, -0.25) is 19.9 Å². The summed E-state index contributed by atoms with van der Waals surface area (Å²) < 4.78 is 0. The molecule has 0 aliphatic carbocycles. The molecule has 7 heteroatoms. The number of hydrogen-bond acceptors (Lipinski definition) is 5. The standard InChI is InChI=1S/C14H13N3O4/c1-9(10-3-2-6-15-8-10)16-14(19)12-5-4-11(17(20)21)7-13(12)18/h2-9,18H,1H3,(H,16,19)/t9-/m0/s1. The number of rotatable bonds is 4. The molecule has 21 heavy (non-hydrogen) atoms. The van der Waals surface area contributed by atoms with E-state index in [1.807, 2.05) is 6.07 Å². The van der Waals surface area contributed by atoms with Crippen LogP contribution < -0.4 is 5.32 Å². The van der Waals surface area contributed by atoms with Crippen LogP contribution in [0.1, 0.15) is 28.9 Å². The highest BCUT2D eigenvalue weighted by Crippen LogP contribution is 2.24. The maximum Gasteiger partial charge on any atom is 0.273 e. The SMILES string of the molecule is C[C@H](NC(=O)c1ccc([N+](=O)[O-])cc1O)c1cccnc1. The highest BCUT2D eigenvalue weighted by atomic mass is 16.6. The van der Waals surface area contributed by atoms with Gasteiger partial charge >= 0.3 is 0 Å². The molecule has 1 amide bonds. The molecule has 0 saturated heterocycles. The van der Waals surface area contributed by atoms with E-state index >= 15 is 0 Å². The van der Waals surface area contributed by atoms with Crippen LogP contribution in [0.3, 0.4) is 0 Å². The van der Waals surface area contributed by atoms with E-state index in [-0.39, 0.29) is 17.3 Å². The summed E-state index contributed by atoms with van der Waals surface area (Å²) in [5, 5.41) is 23.0. The molecule has 0 spiro atoms. The molecule has 0 radical (unpaired) electrons. The minimum atomic E-state index is -0.639. The molecule has 2 N–H and O–H groups in total. The Morgan fingerprint density at radius 3 is 2.76 bits per heavy atom. The number of nitro benzene ring substituents is 1. The van der Waals surface area contributed by atoms with Crippen molar-refractivity contribution in [1.82, 2.24) is 10.3 Å². The van der Waals surface area contributed by atoms with Crippen molar-refractivity contribution in [2.24, 2.45) is 0 Å². The number of aromatic nitrogens is 1. The van der Waals surface area contributed by atoms with Gasteiger partial charge in [-0.05, 0) is 24.6 Å². The second-order valence-corrected chi connectivity index (χ2v) is 4.44. The van der Waals surface area contributed by atoms with Gasteiger partial charge in [0.1, 0.15) is 5.75 Å². The van der Waals surface area contributed by atoms with E-state index in [1.54, 1.807) is 25.4 Å². The van der Waals surface area contributed by atoms with Crippen molar-refractivity contribution < 1.29 is 14.8 Å². The Kier molecular flexibility index (Phi) is 4.13. The zero-order valence-corrected chi connectivity index (χ0v) is 11.2. The number of carbonyl (C=O) groups is 1. The second-order valence-electron chi connectivity index (χ2n) is 4.44. The highest BCUT2D eigenvalue weighted by molar-refractivity contribution is 5.97. The second kappa shape index (κ2) is 6.00. The number of phenolic OH excluding ortho intramolecular Hbond substituents is 1. The van der Waals surface area contributed by atoms with Crippen molar-refractivity contribution in [3.63, 3.8) is 0 Å². The number of benzene rings is 1. The van der Waals surface area contributed by atoms with Crippen LogP contribution in [0.5, 0.6) is 5.75 Å². The van der Waals surface area contributed by atoms with Crippen molar-refractivity contribution >= 4 is 11.6 Å². The quantitative estimate of drug-likeness (QED) is 0.662. The summed E-state index contributed by atoms with van der Waals surface area (Å²) >= 11 is 0. The molecule has 0 aliphatic heterocycles.